The highest BCUT2D eigenvalue weighted by atomic mass is 16.5. The molecule has 1 aliphatic rings. The molecule has 0 atom stereocenters. The molecule has 1 aromatic heterocycles. The Morgan fingerprint density at radius 1 is 1.07 bits per heavy atom. The van der Waals surface area contributed by atoms with Gasteiger partial charge >= 0.3 is 0 Å². The van der Waals surface area contributed by atoms with E-state index in [0.717, 1.165) is 0 Å². The smallest absolute Gasteiger partial charge is 0.262 e. The molecule has 0 radical (unpaired) electrons. The molecule has 3 aromatic rings. The van der Waals surface area contributed by atoms with Crippen molar-refractivity contribution in [3.63, 3.8) is 0 Å². The summed E-state index contributed by atoms with van der Waals surface area (Å²) in [6.07, 6.45) is 1.56. The fourth-order valence-electron chi connectivity index (χ4n) is 3.06. The van der Waals surface area contributed by atoms with Crippen molar-refractivity contribution < 1.29 is 18.7 Å². The summed E-state index contributed by atoms with van der Waals surface area (Å²) in [5.74, 6) is 1.31. The lowest BCUT2D eigenvalue weighted by molar-refractivity contribution is 0.0945. The van der Waals surface area contributed by atoms with Crippen molar-refractivity contribution >= 4 is 17.5 Å². The van der Waals surface area contributed by atoms with E-state index in [2.05, 4.69) is 5.32 Å². The average molecular weight is 362 g/mol. The molecule has 0 saturated carbocycles. The van der Waals surface area contributed by atoms with E-state index in [9.17, 15) is 9.59 Å². The van der Waals surface area contributed by atoms with Crippen molar-refractivity contribution in [1.82, 2.24) is 5.32 Å². The molecule has 4 rings (SSSR count). The second kappa shape index (κ2) is 6.99. The van der Waals surface area contributed by atoms with Crippen molar-refractivity contribution in [2.45, 2.75) is 13.5 Å². The van der Waals surface area contributed by atoms with Crippen molar-refractivity contribution in [2.24, 2.45) is 0 Å². The summed E-state index contributed by atoms with van der Waals surface area (Å²) in [6, 6.07) is 15.8. The third-order valence-electron chi connectivity index (χ3n) is 4.41. The zero-order valence-corrected chi connectivity index (χ0v) is 14.8. The Hall–Kier alpha value is -3.54. The molecule has 6 nitrogen and oxygen atoms in total. The molecule has 6 heteroatoms. The Bertz CT molecular complexity index is 995. The van der Waals surface area contributed by atoms with E-state index >= 15 is 0 Å². The van der Waals surface area contributed by atoms with Gasteiger partial charge in [-0.1, -0.05) is 12.1 Å². The van der Waals surface area contributed by atoms with Gasteiger partial charge in [0, 0.05) is 12.1 Å². The average Bonchev–Trinajstić information content (AvgIpc) is 3.17. The minimum absolute atomic E-state index is 0.153. The first kappa shape index (κ1) is 16.9. The molecule has 1 N–H and O–H groups in total. The molecule has 2 amide bonds. The fourth-order valence-corrected chi connectivity index (χ4v) is 3.06. The van der Waals surface area contributed by atoms with Crippen LogP contribution in [0.5, 0.6) is 11.5 Å². The van der Waals surface area contributed by atoms with Crippen LogP contribution >= 0.6 is 0 Å². The van der Waals surface area contributed by atoms with Crippen LogP contribution in [0, 0.1) is 0 Å². The van der Waals surface area contributed by atoms with Crippen molar-refractivity contribution in [1.29, 1.82) is 0 Å². The number of carbonyl (C=O) groups is 2. The third-order valence-corrected chi connectivity index (χ3v) is 4.41. The second-order valence-corrected chi connectivity index (χ2v) is 6.09. The second-order valence-electron chi connectivity index (χ2n) is 6.09. The van der Waals surface area contributed by atoms with Crippen molar-refractivity contribution in [3.05, 3.63) is 77.7 Å². The highest BCUT2D eigenvalue weighted by Gasteiger charge is 2.27. The van der Waals surface area contributed by atoms with E-state index in [0.29, 0.717) is 47.2 Å². The quantitative estimate of drug-likeness (QED) is 0.762. The van der Waals surface area contributed by atoms with Gasteiger partial charge in [0.1, 0.15) is 11.5 Å². The minimum atomic E-state index is -0.250. The van der Waals surface area contributed by atoms with Crippen molar-refractivity contribution in [3.8, 4) is 11.5 Å². The van der Waals surface area contributed by atoms with Gasteiger partial charge in [0.25, 0.3) is 11.8 Å². The highest BCUT2D eigenvalue weighted by Crippen LogP contribution is 2.39. The van der Waals surface area contributed by atoms with E-state index < -0.39 is 0 Å². The number of fused-ring (bicyclic) bond motifs is 2. The Morgan fingerprint density at radius 3 is 2.70 bits per heavy atom. The van der Waals surface area contributed by atoms with E-state index in [-0.39, 0.29) is 11.8 Å². The van der Waals surface area contributed by atoms with Crippen LogP contribution in [0.25, 0.3) is 0 Å². The molecular formula is C21H18N2O4. The third kappa shape index (κ3) is 3.17. The first-order valence-electron chi connectivity index (χ1n) is 8.70. The van der Waals surface area contributed by atoms with Crippen molar-refractivity contribution in [2.75, 3.05) is 11.4 Å². The molecule has 2 heterocycles. The molecule has 0 fully saturated rings. The molecule has 2 aromatic carbocycles. The molecule has 0 bridgehead atoms. The predicted molar refractivity (Wildman–Crippen MR) is 100 cm³/mol. The lowest BCUT2D eigenvalue weighted by Gasteiger charge is -2.20. The summed E-state index contributed by atoms with van der Waals surface area (Å²) >= 11 is 0. The van der Waals surface area contributed by atoms with Gasteiger partial charge in [-0.25, -0.2) is 0 Å². The van der Waals surface area contributed by atoms with Crippen LogP contribution in [0.2, 0.25) is 0 Å². The summed E-state index contributed by atoms with van der Waals surface area (Å²) in [5, 5.41) is 2.81. The topological polar surface area (TPSA) is 71.8 Å². The zero-order chi connectivity index (χ0) is 18.8. The van der Waals surface area contributed by atoms with Gasteiger partial charge in [-0.2, -0.15) is 0 Å². The summed E-state index contributed by atoms with van der Waals surface area (Å²) in [4.78, 5) is 27.1. The lowest BCUT2D eigenvalue weighted by atomic mass is 10.1. The van der Waals surface area contributed by atoms with Crippen LogP contribution in [0.15, 0.2) is 65.3 Å². The van der Waals surface area contributed by atoms with Gasteiger partial charge in [0.05, 0.1) is 24.1 Å². The molecule has 1 aliphatic heterocycles. The fraction of sp³-hybridized carbons (Fsp3) is 0.143. The van der Waals surface area contributed by atoms with E-state index in [1.807, 2.05) is 13.0 Å². The van der Waals surface area contributed by atoms with Gasteiger partial charge in [-0.3, -0.25) is 9.59 Å². The standard InChI is InChI=1S/C21H18N2O4/c1-2-23-17-12-14(20(24)22-13-15-6-5-11-26-15)9-10-19(17)27-18-8-4-3-7-16(18)21(23)25/h3-12H,2,13H2,1H3,(H,22,24). The monoisotopic (exact) mass is 362 g/mol. The summed E-state index contributed by atoms with van der Waals surface area (Å²) in [7, 11) is 0. The molecule has 0 aliphatic carbocycles. The van der Waals surface area contributed by atoms with E-state index in [1.54, 1.807) is 59.7 Å². The number of hydrogen-bond donors (Lipinski definition) is 1. The zero-order valence-electron chi connectivity index (χ0n) is 14.8. The molecule has 136 valence electrons. The van der Waals surface area contributed by atoms with Crippen LogP contribution in [0.3, 0.4) is 0 Å². The normalized spacial score (nSPS) is 12.6. The molecule has 0 saturated heterocycles. The van der Waals surface area contributed by atoms with Gasteiger partial charge in [0.2, 0.25) is 0 Å². The van der Waals surface area contributed by atoms with Crippen LogP contribution in [-0.4, -0.2) is 18.4 Å². The Morgan fingerprint density at radius 2 is 1.93 bits per heavy atom. The molecular weight excluding hydrogens is 344 g/mol. The molecule has 0 spiro atoms. The Labute approximate surface area is 156 Å². The highest BCUT2D eigenvalue weighted by molar-refractivity contribution is 6.10. The van der Waals surface area contributed by atoms with Gasteiger partial charge in [-0.05, 0) is 49.4 Å². The number of furan rings is 1. The summed E-state index contributed by atoms with van der Waals surface area (Å²) in [5.41, 5.74) is 1.52. The minimum Gasteiger partial charge on any atom is -0.467 e. The summed E-state index contributed by atoms with van der Waals surface area (Å²) in [6.45, 7) is 2.64. The molecule has 27 heavy (non-hydrogen) atoms. The molecule has 0 unspecified atom stereocenters. The van der Waals surface area contributed by atoms with Gasteiger partial charge in [0.15, 0.2) is 5.75 Å². The lowest BCUT2D eigenvalue weighted by Crippen LogP contribution is -2.30. The number of benzene rings is 2. The van der Waals surface area contributed by atoms with Crippen LogP contribution in [0.1, 0.15) is 33.4 Å². The first-order chi connectivity index (χ1) is 13.2. The van der Waals surface area contributed by atoms with Crippen LogP contribution in [0.4, 0.5) is 5.69 Å². The number of rotatable bonds is 4. The number of ether oxygens (including phenoxy) is 1. The number of hydrogen-bond acceptors (Lipinski definition) is 4. The number of nitrogens with zero attached hydrogens (tertiary/aromatic N) is 1. The van der Waals surface area contributed by atoms with E-state index in [4.69, 9.17) is 9.15 Å². The summed E-state index contributed by atoms with van der Waals surface area (Å²) < 4.78 is 11.2. The number of nitrogens with one attached hydrogen (secondary N) is 1. The Kier molecular flexibility index (Phi) is 4.38. The number of para-hydroxylation sites is 1. The Balaban J connectivity index is 1.65. The number of carbonyl (C=O) groups excluding carboxylic acids is 2. The first-order valence-corrected chi connectivity index (χ1v) is 8.70. The number of anilines is 1. The van der Waals surface area contributed by atoms with E-state index in [1.165, 1.54) is 0 Å². The predicted octanol–water partition coefficient (Wildman–Crippen LogP) is 3.98. The largest absolute Gasteiger partial charge is 0.467 e. The van der Waals surface area contributed by atoms with Crippen LogP contribution < -0.4 is 15.0 Å². The number of amides is 2. The maximum Gasteiger partial charge on any atom is 0.262 e. The maximum atomic E-state index is 12.9. The van der Waals surface area contributed by atoms with Gasteiger partial charge < -0.3 is 19.4 Å². The SMILES string of the molecule is CCN1C(=O)c2ccccc2Oc2ccc(C(=O)NCc3ccco3)cc21. The van der Waals surface area contributed by atoms with Crippen LogP contribution in [-0.2, 0) is 6.54 Å². The maximum absolute atomic E-state index is 12.9. The van der Waals surface area contributed by atoms with Gasteiger partial charge in [-0.15, -0.1) is 0 Å².